The van der Waals surface area contributed by atoms with Crippen molar-refractivity contribution in [3.05, 3.63) is 39.9 Å². The highest BCUT2D eigenvalue weighted by molar-refractivity contribution is 7.92. The molecule has 1 aliphatic rings. The molecule has 0 aromatic heterocycles. The van der Waals surface area contributed by atoms with Crippen LogP contribution in [0.1, 0.15) is 30.1 Å². The van der Waals surface area contributed by atoms with Gasteiger partial charge in [-0.05, 0) is 25.0 Å². The summed E-state index contributed by atoms with van der Waals surface area (Å²) in [4.78, 5) is 24.0. The molecule has 7 nitrogen and oxygen atoms in total. The van der Waals surface area contributed by atoms with Gasteiger partial charge in [-0.25, -0.2) is 8.42 Å². The maximum atomic E-state index is 12.3. The molecule has 1 aromatic rings. The zero-order chi connectivity index (χ0) is 16.3. The number of sulfone groups is 1. The van der Waals surface area contributed by atoms with Gasteiger partial charge in [-0.15, -0.1) is 0 Å². The van der Waals surface area contributed by atoms with Gasteiger partial charge in [0, 0.05) is 36.5 Å². The summed E-state index contributed by atoms with van der Waals surface area (Å²) in [6.07, 6.45) is 0.879. The van der Waals surface area contributed by atoms with Crippen LogP contribution in [-0.2, 0) is 9.84 Å². The van der Waals surface area contributed by atoms with Crippen molar-refractivity contribution in [3.8, 4) is 0 Å². The lowest BCUT2D eigenvalue weighted by molar-refractivity contribution is -0.384. The van der Waals surface area contributed by atoms with E-state index in [0.29, 0.717) is 31.5 Å². The molecule has 2 rings (SSSR count). The summed E-state index contributed by atoms with van der Waals surface area (Å²) in [5, 5.41) is 10.2. The Morgan fingerprint density at radius 2 is 1.82 bits per heavy atom. The zero-order valence-electron chi connectivity index (χ0n) is 12.3. The second-order valence-corrected chi connectivity index (χ2v) is 7.82. The van der Waals surface area contributed by atoms with Crippen LogP contribution in [0.5, 0.6) is 0 Å². The molecule has 0 aliphatic carbocycles. The number of nitro benzene ring substituents is 1. The normalized spacial score (nSPS) is 16.5. The lowest BCUT2D eigenvalue weighted by atomic mass is 10.1. The van der Waals surface area contributed by atoms with Crippen LogP contribution in [0, 0.1) is 10.1 Å². The van der Waals surface area contributed by atoms with E-state index in [2.05, 4.69) is 0 Å². The van der Waals surface area contributed by atoms with Crippen LogP contribution in [-0.4, -0.2) is 48.2 Å². The smallest absolute Gasteiger partial charge is 0.269 e. The second-order valence-electron chi connectivity index (χ2n) is 5.25. The van der Waals surface area contributed by atoms with Gasteiger partial charge in [0.2, 0.25) is 0 Å². The lowest BCUT2D eigenvalue weighted by Gasteiger charge is -2.31. The Labute approximate surface area is 129 Å². The van der Waals surface area contributed by atoms with Crippen molar-refractivity contribution in [2.24, 2.45) is 0 Å². The number of nitro groups is 1. The summed E-state index contributed by atoms with van der Waals surface area (Å²) in [7, 11) is -3.06. The van der Waals surface area contributed by atoms with E-state index in [9.17, 15) is 23.3 Å². The molecule has 1 aromatic carbocycles. The molecular weight excluding hydrogens is 308 g/mol. The van der Waals surface area contributed by atoms with Crippen LogP contribution < -0.4 is 0 Å². The van der Waals surface area contributed by atoms with E-state index >= 15 is 0 Å². The highest BCUT2D eigenvalue weighted by Crippen LogP contribution is 2.21. The number of carbonyl (C=O) groups is 1. The van der Waals surface area contributed by atoms with Crippen molar-refractivity contribution < 1.29 is 18.1 Å². The summed E-state index contributed by atoms with van der Waals surface area (Å²) < 4.78 is 23.7. The molecule has 1 fully saturated rings. The molecule has 0 spiro atoms. The fourth-order valence-corrected chi connectivity index (χ4v) is 3.96. The molecular formula is C14H18N2O5S. The van der Waals surface area contributed by atoms with E-state index < -0.39 is 14.8 Å². The number of rotatable bonds is 4. The Morgan fingerprint density at radius 1 is 1.27 bits per heavy atom. The van der Waals surface area contributed by atoms with Crippen LogP contribution >= 0.6 is 0 Å². The third kappa shape index (κ3) is 3.44. The first kappa shape index (κ1) is 16.4. The van der Waals surface area contributed by atoms with Gasteiger partial charge in [-0.3, -0.25) is 14.9 Å². The third-order valence-electron chi connectivity index (χ3n) is 3.96. The number of carbonyl (C=O) groups excluding carboxylic acids is 1. The number of non-ortho nitro benzene ring substituents is 1. The molecule has 0 radical (unpaired) electrons. The van der Waals surface area contributed by atoms with Gasteiger partial charge in [-0.2, -0.15) is 0 Å². The van der Waals surface area contributed by atoms with Gasteiger partial charge in [-0.1, -0.05) is 6.92 Å². The number of amides is 1. The topological polar surface area (TPSA) is 97.6 Å². The predicted molar refractivity (Wildman–Crippen MR) is 81.5 cm³/mol. The Bertz CT molecular complexity index is 661. The second kappa shape index (κ2) is 6.43. The van der Waals surface area contributed by atoms with Crippen molar-refractivity contribution in [1.29, 1.82) is 0 Å². The van der Waals surface area contributed by atoms with E-state index in [-0.39, 0.29) is 22.6 Å². The van der Waals surface area contributed by atoms with E-state index in [1.165, 1.54) is 24.3 Å². The largest absolute Gasteiger partial charge is 0.339 e. The minimum atomic E-state index is -3.06. The Balaban J connectivity index is 2.02. The Hall–Kier alpha value is -1.96. The first-order chi connectivity index (χ1) is 10.3. The molecule has 0 unspecified atom stereocenters. The highest BCUT2D eigenvalue weighted by atomic mass is 32.2. The fraction of sp³-hybridized carbons (Fsp3) is 0.500. The number of benzene rings is 1. The monoisotopic (exact) mass is 326 g/mol. The van der Waals surface area contributed by atoms with E-state index in [0.717, 1.165) is 0 Å². The standard InChI is InChI=1S/C14H18N2O5S/c1-2-22(20,21)13-7-9-15(10-8-13)14(17)11-3-5-12(6-4-11)16(18)19/h3-6,13H,2,7-10H2,1H3. The van der Waals surface area contributed by atoms with Crippen molar-refractivity contribution in [2.45, 2.75) is 25.0 Å². The quantitative estimate of drug-likeness (QED) is 0.619. The SMILES string of the molecule is CCS(=O)(=O)C1CCN(C(=O)c2ccc([N+](=O)[O-])cc2)CC1. The van der Waals surface area contributed by atoms with Crippen molar-refractivity contribution >= 4 is 21.4 Å². The average Bonchev–Trinajstić information content (AvgIpc) is 2.54. The fourth-order valence-electron chi connectivity index (χ4n) is 2.56. The van der Waals surface area contributed by atoms with Crippen molar-refractivity contribution in [1.82, 2.24) is 4.90 Å². The number of hydrogen-bond acceptors (Lipinski definition) is 5. The van der Waals surface area contributed by atoms with E-state index in [1.807, 2.05) is 0 Å². The molecule has 1 aliphatic heterocycles. The van der Waals surface area contributed by atoms with Gasteiger partial charge in [0.25, 0.3) is 11.6 Å². The van der Waals surface area contributed by atoms with Crippen LogP contribution in [0.25, 0.3) is 0 Å². The Kier molecular flexibility index (Phi) is 4.80. The molecule has 0 atom stereocenters. The maximum Gasteiger partial charge on any atom is 0.269 e. The van der Waals surface area contributed by atoms with Crippen LogP contribution in [0.4, 0.5) is 5.69 Å². The number of hydrogen-bond donors (Lipinski definition) is 0. The van der Waals surface area contributed by atoms with Gasteiger partial charge < -0.3 is 4.90 Å². The van der Waals surface area contributed by atoms with Gasteiger partial charge in [0.15, 0.2) is 9.84 Å². The summed E-state index contributed by atoms with van der Waals surface area (Å²) in [5.74, 6) is -0.101. The van der Waals surface area contributed by atoms with Crippen molar-refractivity contribution in [3.63, 3.8) is 0 Å². The molecule has 1 saturated heterocycles. The first-order valence-corrected chi connectivity index (χ1v) is 8.82. The van der Waals surface area contributed by atoms with Gasteiger partial charge in [0.1, 0.15) is 0 Å². The van der Waals surface area contributed by atoms with Crippen LogP contribution in [0.3, 0.4) is 0 Å². The minimum absolute atomic E-state index is 0.0655. The van der Waals surface area contributed by atoms with E-state index in [1.54, 1.807) is 11.8 Å². The number of piperidine rings is 1. The first-order valence-electron chi connectivity index (χ1n) is 7.10. The van der Waals surface area contributed by atoms with Gasteiger partial charge >= 0.3 is 0 Å². The number of likely N-dealkylation sites (tertiary alicyclic amines) is 1. The lowest BCUT2D eigenvalue weighted by Crippen LogP contribution is -2.42. The maximum absolute atomic E-state index is 12.3. The van der Waals surface area contributed by atoms with Crippen LogP contribution in [0.2, 0.25) is 0 Å². The van der Waals surface area contributed by atoms with Crippen LogP contribution in [0.15, 0.2) is 24.3 Å². The summed E-state index contributed by atoms with van der Waals surface area (Å²) in [6.45, 7) is 2.41. The molecule has 0 saturated carbocycles. The highest BCUT2D eigenvalue weighted by Gasteiger charge is 2.30. The minimum Gasteiger partial charge on any atom is -0.339 e. The molecule has 22 heavy (non-hydrogen) atoms. The predicted octanol–water partition coefficient (Wildman–Crippen LogP) is 1.63. The Morgan fingerprint density at radius 3 is 2.27 bits per heavy atom. The molecule has 0 bridgehead atoms. The molecule has 8 heteroatoms. The number of nitrogens with zero attached hydrogens (tertiary/aromatic N) is 2. The average molecular weight is 326 g/mol. The van der Waals surface area contributed by atoms with Crippen molar-refractivity contribution in [2.75, 3.05) is 18.8 Å². The molecule has 1 amide bonds. The zero-order valence-corrected chi connectivity index (χ0v) is 13.1. The molecule has 120 valence electrons. The third-order valence-corrected chi connectivity index (χ3v) is 6.26. The summed E-state index contributed by atoms with van der Waals surface area (Å²) >= 11 is 0. The summed E-state index contributed by atoms with van der Waals surface area (Å²) in [6, 6.07) is 5.44. The molecule has 0 N–H and O–H groups in total. The van der Waals surface area contributed by atoms with Gasteiger partial charge in [0.05, 0.1) is 10.2 Å². The summed E-state index contributed by atoms with van der Waals surface area (Å²) in [5.41, 5.74) is 0.312. The molecule has 1 heterocycles. The van der Waals surface area contributed by atoms with E-state index in [4.69, 9.17) is 0 Å².